The first-order chi connectivity index (χ1) is 18.0. The second kappa shape index (κ2) is 15.5. The van der Waals surface area contributed by atoms with Crippen LogP contribution in [0.3, 0.4) is 0 Å². The third kappa shape index (κ3) is 9.02. The van der Waals surface area contributed by atoms with Crippen LogP contribution in [-0.4, -0.2) is 31.4 Å². The van der Waals surface area contributed by atoms with Crippen LogP contribution < -0.4 is 14.9 Å². The fraction of sp³-hybridized carbons (Fsp3) is 0.0769. The standard InChI is InChI=1S/C13H9Cl2FO.C7H8BFO3.C6H3BrCl2/c1-17-12-6-5-8(16)7-9(12)13-10(14)3-2-4-11(13)15;1-12-7-3-2-5(9)4-6(7)8(10)11;7-6-4(8)2-1-3-5(6)9/h2-7H,1H3;2-4,10-11H,1H3;1-3H. The number of hydrogen-bond acceptors (Lipinski definition) is 4. The molecule has 0 saturated carbocycles. The average Bonchev–Trinajstić information content (AvgIpc) is 2.88. The van der Waals surface area contributed by atoms with Crippen molar-refractivity contribution in [2.45, 2.75) is 0 Å². The minimum absolute atomic E-state index is 0.0255. The molecule has 0 fully saturated rings. The van der Waals surface area contributed by atoms with E-state index in [0.29, 0.717) is 37.0 Å². The second-order valence-electron chi connectivity index (χ2n) is 7.24. The Morgan fingerprint density at radius 3 is 1.58 bits per heavy atom. The van der Waals surface area contributed by atoms with Gasteiger partial charge >= 0.3 is 7.12 Å². The van der Waals surface area contributed by atoms with Gasteiger partial charge in [0, 0.05) is 16.6 Å². The van der Waals surface area contributed by atoms with E-state index in [1.54, 1.807) is 42.5 Å². The molecule has 0 bridgehead atoms. The van der Waals surface area contributed by atoms with Gasteiger partial charge < -0.3 is 19.5 Å². The topological polar surface area (TPSA) is 58.9 Å². The molecule has 2 N–H and O–H groups in total. The fourth-order valence-electron chi connectivity index (χ4n) is 3.02. The Hall–Kier alpha value is -2.04. The van der Waals surface area contributed by atoms with Crippen LogP contribution in [0.25, 0.3) is 11.1 Å². The molecule has 4 aromatic rings. The summed E-state index contributed by atoms with van der Waals surface area (Å²) in [4.78, 5) is 0. The van der Waals surface area contributed by atoms with Crippen molar-refractivity contribution in [3.63, 3.8) is 0 Å². The molecular weight excluding hydrogens is 647 g/mol. The Morgan fingerprint density at radius 1 is 0.684 bits per heavy atom. The largest absolute Gasteiger partial charge is 0.497 e. The van der Waals surface area contributed by atoms with E-state index in [9.17, 15) is 8.78 Å². The summed E-state index contributed by atoms with van der Waals surface area (Å²) in [6, 6.07) is 18.3. The molecule has 12 heteroatoms. The Balaban J connectivity index is 0.000000212. The fourth-order valence-corrected chi connectivity index (χ4v) is 4.28. The highest BCUT2D eigenvalue weighted by atomic mass is 79.9. The van der Waals surface area contributed by atoms with Crippen molar-refractivity contribution in [3.8, 4) is 22.6 Å². The molecule has 0 heterocycles. The smallest absolute Gasteiger partial charge is 0.492 e. The molecule has 4 aromatic carbocycles. The maximum Gasteiger partial charge on any atom is 0.492 e. The molecule has 4 rings (SSSR count). The summed E-state index contributed by atoms with van der Waals surface area (Å²) in [5.41, 5.74) is 1.15. The lowest BCUT2D eigenvalue weighted by molar-refractivity contribution is 0.402. The number of hydrogen-bond donors (Lipinski definition) is 2. The molecule has 0 radical (unpaired) electrons. The summed E-state index contributed by atoms with van der Waals surface area (Å²) in [5, 5.41) is 19.7. The molecule has 0 spiro atoms. The first-order valence-electron chi connectivity index (χ1n) is 10.6. The lowest BCUT2D eigenvalue weighted by Crippen LogP contribution is -2.31. The molecule has 200 valence electrons. The molecule has 0 aliphatic carbocycles. The summed E-state index contributed by atoms with van der Waals surface area (Å²) >= 11 is 26.7. The van der Waals surface area contributed by atoms with Crippen molar-refractivity contribution in [1.29, 1.82) is 0 Å². The van der Waals surface area contributed by atoms with Gasteiger partial charge in [-0.25, -0.2) is 8.78 Å². The lowest BCUT2D eigenvalue weighted by Gasteiger charge is -2.11. The minimum Gasteiger partial charge on any atom is -0.497 e. The van der Waals surface area contributed by atoms with Crippen LogP contribution in [0.15, 0.2) is 77.3 Å². The Kier molecular flexibility index (Phi) is 13.2. The number of methoxy groups -OCH3 is 2. The Labute approximate surface area is 247 Å². The van der Waals surface area contributed by atoms with Gasteiger partial charge in [-0.15, -0.1) is 0 Å². The maximum absolute atomic E-state index is 13.3. The molecule has 0 atom stereocenters. The van der Waals surface area contributed by atoms with E-state index in [0.717, 1.165) is 10.5 Å². The van der Waals surface area contributed by atoms with Crippen LogP contribution in [-0.2, 0) is 0 Å². The van der Waals surface area contributed by atoms with Crippen LogP contribution in [0, 0.1) is 11.6 Å². The van der Waals surface area contributed by atoms with Gasteiger partial charge in [0.1, 0.15) is 23.1 Å². The van der Waals surface area contributed by atoms with Gasteiger partial charge in [-0.3, -0.25) is 0 Å². The van der Waals surface area contributed by atoms with E-state index in [1.165, 1.54) is 38.5 Å². The van der Waals surface area contributed by atoms with E-state index >= 15 is 0 Å². The van der Waals surface area contributed by atoms with Gasteiger partial charge in [-0.05, 0) is 76.6 Å². The molecule has 4 nitrogen and oxygen atoms in total. The zero-order chi connectivity index (χ0) is 28.4. The third-order valence-corrected chi connectivity index (χ3v) is 7.34. The van der Waals surface area contributed by atoms with Crippen LogP contribution >= 0.6 is 62.3 Å². The van der Waals surface area contributed by atoms with Gasteiger partial charge in [0.15, 0.2) is 0 Å². The Bertz CT molecular complexity index is 1340. The number of halogens is 7. The molecule has 0 aliphatic rings. The van der Waals surface area contributed by atoms with Gasteiger partial charge in [0.25, 0.3) is 0 Å². The molecular formula is C26H20BBrCl4F2O4. The van der Waals surface area contributed by atoms with Gasteiger partial charge in [0.2, 0.25) is 0 Å². The molecule has 0 aromatic heterocycles. The highest BCUT2D eigenvalue weighted by Gasteiger charge is 2.17. The first-order valence-corrected chi connectivity index (χ1v) is 12.9. The normalized spacial score (nSPS) is 9.97. The highest BCUT2D eigenvalue weighted by Crippen LogP contribution is 2.39. The molecule has 0 saturated heterocycles. The zero-order valence-electron chi connectivity index (χ0n) is 19.9. The van der Waals surface area contributed by atoms with Crippen LogP contribution in [0.2, 0.25) is 20.1 Å². The van der Waals surface area contributed by atoms with Crippen molar-refractivity contribution in [2.24, 2.45) is 0 Å². The van der Waals surface area contributed by atoms with E-state index in [-0.39, 0.29) is 17.0 Å². The number of rotatable bonds is 4. The average molecular weight is 667 g/mol. The minimum atomic E-state index is -1.71. The van der Waals surface area contributed by atoms with E-state index < -0.39 is 12.9 Å². The number of benzene rings is 4. The summed E-state index contributed by atoms with van der Waals surface area (Å²) in [7, 11) is 1.18. The summed E-state index contributed by atoms with van der Waals surface area (Å²) in [6.45, 7) is 0. The van der Waals surface area contributed by atoms with Gasteiger partial charge in [0.05, 0.1) is 38.8 Å². The van der Waals surface area contributed by atoms with E-state index in [2.05, 4.69) is 15.9 Å². The zero-order valence-corrected chi connectivity index (χ0v) is 24.5. The van der Waals surface area contributed by atoms with E-state index in [1.807, 2.05) is 0 Å². The van der Waals surface area contributed by atoms with E-state index in [4.69, 9.17) is 65.9 Å². The third-order valence-electron chi connectivity index (χ3n) is 4.77. The summed E-state index contributed by atoms with van der Waals surface area (Å²) in [6.07, 6.45) is 0. The second-order valence-corrected chi connectivity index (χ2v) is 9.66. The van der Waals surface area contributed by atoms with Crippen molar-refractivity contribution >= 4 is 74.9 Å². The maximum atomic E-state index is 13.3. The van der Waals surface area contributed by atoms with Crippen molar-refractivity contribution in [2.75, 3.05) is 14.2 Å². The summed E-state index contributed by atoms with van der Waals surface area (Å²) < 4.78 is 36.6. The predicted octanol–water partition coefficient (Wildman–Crippen LogP) is 8.08. The summed E-state index contributed by atoms with van der Waals surface area (Å²) in [5.74, 6) is -0.108. The van der Waals surface area contributed by atoms with Crippen LogP contribution in [0.4, 0.5) is 8.78 Å². The van der Waals surface area contributed by atoms with Gasteiger partial charge in [-0.2, -0.15) is 0 Å². The lowest BCUT2D eigenvalue weighted by atomic mass is 9.79. The highest BCUT2D eigenvalue weighted by molar-refractivity contribution is 9.10. The van der Waals surface area contributed by atoms with Crippen LogP contribution in [0.5, 0.6) is 11.5 Å². The Morgan fingerprint density at radius 2 is 1.13 bits per heavy atom. The quantitative estimate of drug-likeness (QED) is 0.171. The first kappa shape index (κ1) is 32.2. The predicted molar refractivity (Wildman–Crippen MR) is 155 cm³/mol. The van der Waals surface area contributed by atoms with Gasteiger partial charge in [-0.1, -0.05) is 58.5 Å². The molecule has 0 amide bonds. The van der Waals surface area contributed by atoms with Crippen molar-refractivity contribution in [3.05, 3.63) is 109 Å². The molecule has 38 heavy (non-hydrogen) atoms. The van der Waals surface area contributed by atoms with Crippen LogP contribution in [0.1, 0.15) is 0 Å². The van der Waals surface area contributed by atoms with Crippen molar-refractivity contribution in [1.82, 2.24) is 0 Å². The molecule has 0 unspecified atom stereocenters. The monoisotopic (exact) mass is 664 g/mol. The number of ether oxygens (including phenoxy) is 2. The van der Waals surface area contributed by atoms with Crippen molar-refractivity contribution < 1.29 is 28.3 Å². The molecule has 0 aliphatic heterocycles. The SMILES string of the molecule is COc1ccc(F)cc1-c1c(Cl)cccc1Cl.COc1ccc(F)cc1B(O)O.Clc1cccc(Cl)c1Br.